The number of H-pyrrole nitrogens is 1. The van der Waals surface area contributed by atoms with E-state index in [0.717, 1.165) is 40.6 Å². The third-order valence-corrected chi connectivity index (χ3v) is 4.63. The Morgan fingerprint density at radius 3 is 2.70 bits per heavy atom. The average molecular weight is 306 g/mol. The number of carbonyl (C=O) groups is 1. The Labute approximate surface area is 133 Å². The van der Waals surface area contributed by atoms with Crippen molar-refractivity contribution in [1.29, 1.82) is 0 Å². The smallest absolute Gasteiger partial charge is 0.235 e. The van der Waals surface area contributed by atoms with Gasteiger partial charge in [-0.1, -0.05) is 24.3 Å². The molecule has 1 aliphatic rings. The van der Waals surface area contributed by atoms with Crippen molar-refractivity contribution in [3.05, 3.63) is 59.8 Å². The van der Waals surface area contributed by atoms with Crippen LogP contribution in [0.4, 0.5) is 5.69 Å². The third-order valence-electron chi connectivity index (χ3n) is 4.63. The van der Waals surface area contributed by atoms with Crippen LogP contribution in [0, 0.1) is 0 Å². The largest absolute Gasteiger partial charge is 0.326 e. The number of hydrogen-bond acceptors (Lipinski definition) is 3. The van der Waals surface area contributed by atoms with Crippen LogP contribution in [0.15, 0.2) is 48.7 Å². The van der Waals surface area contributed by atoms with E-state index in [1.165, 1.54) is 0 Å². The second-order valence-corrected chi connectivity index (χ2v) is 6.11. The number of anilines is 1. The number of carbonyl (C=O) groups excluding carboxylic acids is 1. The number of aromatic nitrogens is 2. The lowest BCUT2D eigenvalue weighted by molar-refractivity contribution is -0.118. The maximum atomic E-state index is 12.8. The molecule has 1 fully saturated rings. The molecule has 0 spiro atoms. The first-order valence-electron chi connectivity index (χ1n) is 7.75. The molecule has 1 heterocycles. The molecule has 0 atom stereocenters. The molecule has 0 aliphatic heterocycles. The van der Waals surface area contributed by atoms with Gasteiger partial charge in [0.05, 0.1) is 17.1 Å². The van der Waals surface area contributed by atoms with Gasteiger partial charge in [0, 0.05) is 17.6 Å². The molecular weight excluding hydrogens is 288 g/mol. The minimum Gasteiger partial charge on any atom is -0.326 e. The average Bonchev–Trinajstić information content (AvgIpc) is 3.27. The van der Waals surface area contributed by atoms with Gasteiger partial charge < -0.3 is 11.1 Å². The summed E-state index contributed by atoms with van der Waals surface area (Å²) in [6, 6.07) is 13.8. The van der Waals surface area contributed by atoms with Crippen molar-refractivity contribution in [2.45, 2.75) is 24.8 Å². The molecule has 4 rings (SSSR count). The summed E-state index contributed by atoms with van der Waals surface area (Å²) < 4.78 is 0. The number of benzene rings is 2. The zero-order chi connectivity index (χ0) is 15.9. The molecule has 0 unspecified atom stereocenters. The Bertz CT molecular complexity index is 862. The van der Waals surface area contributed by atoms with Gasteiger partial charge in [-0.3, -0.25) is 9.89 Å². The van der Waals surface area contributed by atoms with Gasteiger partial charge in [0.2, 0.25) is 5.91 Å². The fourth-order valence-electron chi connectivity index (χ4n) is 3.00. The summed E-state index contributed by atoms with van der Waals surface area (Å²) in [4.78, 5) is 12.8. The number of hydrogen-bond donors (Lipinski definition) is 3. The summed E-state index contributed by atoms with van der Waals surface area (Å²) >= 11 is 0. The van der Waals surface area contributed by atoms with E-state index in [9.17, 15) is 4.79 Å². The van der Waals surface area contributed by atoms with Gasteiger partial charge >= 0.3 is 0 Å². The molecule has 2 aromatic carbocycles. The fraction of sp³-hybridized carbons (Fsp3) is 0.222. The van der Waals surface area contributed by atoms with Crippen LogP contribution in [0.3, 0.4) is 0 Å². The Morgan fingerprint density at radius 1 is 1.22 bits per heavy atom. The van der Waals surface area contributed by atoms with Gasteiger partial charge in [-0.15, -0.1) is 0 Å². The predicted molar refractivity (Wildman–Crippen MR) is 90.0 cm³/mol. The van der Waals surface area contributed by atoms with E-state index in [-0.39, 0.29) is 5.91 Å². The van der Waals surface area contributed by atoms with Crippen molar-refractivity contribution in [3.8, 4) is 0 Å². The lowest BCUT2D eigenvalue weighted by Crippen LogP contribution is -2.27. The molecule has 1 aromatic heterocycles. The predicted octanol–water partition coefficient (Wildman–Crippen LogP) is 2.69. The highest BCUT2D eigenvalue weighted by atomic mass is 16.2. The third kappa shape index (κ3) is 2.39. The van der Waals surface area contributed by atoms with Gasteiger partial charge in [0.25, 0.3) is 0 Å². The molecule has 1 amide bonds. The lowest BCUT2D eigenvalue weighted by atomic mass is 9.94. The number of aromatic amines is 1. The van der Waals surface area contributed by atoms with Gasteiger partial charge in [0.1, 0.15) is 0 Å². The zero-order valence-corrected chi connectivity index (χ0v) is 12.7. The van der Waals surface area contributed by atoms with Crippen LogP contribution < -0.4 is 11.1 Å². The summed E-state index contributed by atoms with van der Waals surface area (Å²) in [6.45, 7) is 0.518. The topological polar surface area (TPSA) is 83.8 Å². The van der Waals surface area contributed by atoms with Crippen LogP contribution in [0.1, 0.15) is 24.0 Å². The van der Waals surface area contributed by atoms with Gasteiger partial charge in [-0.25, -0.2) is 0 Å². The Hall–Kier alpha value is -2.66. The maximum Gasteiger partial charge on any atom is 0.235 e. The van der Waals surface area contributed by atoms with E-state index in [1.54, 1.807) is 6.20 Å². The van der Waals surface area contributed by atoms with Crippen LogP contribution in [0.2, 0.25) is 0 Å². The highest BCUT2D eigenvalue weighted by molar-refractivity contribution is 6.02. The molecule has 0 bridgehead atoms. The fourth-order valence-corrected chi connectivity index (χ4v) is 3.00. The van der Waals surface area contributed by atoms with E-state index in [2.05, 4.69) is 15.5 Å². The number of rotatable bonds is 4. The van der Waals surface area contributed by atoms with Gasteiger partial charge in [-0.05, 0) is 42.2 Å². The highest BCUT2D eigenvalue weighted by Crippen LogP contribution is 2.49. The zero-order valence-electron chi connectivity index (χ0n) is 12.7. The summed E-state index contributed by atoms with van der Waals surface area (Å²) in [7, 11) is 0. The highest BCUT2D eigenvalue weighted by Gasteiger charge is 2.51. The van der Waals surface area contributed by atoms with E-state index in [4.69, 9.17) is 5.73 Å². The first-order chi connectivity index (χ1) is 11.2. The van der Waals surface area contributed by atoms with E-state index >= 15 is 0 Å². The monoisotopic (exact) mass is 306 g/mol. The Balaban J connectivity index is 1.57. The number of amides is 1. The molecule has 5 heteroatoms. The van der Waals surface area contributed by atoms with Crippen LogP contribution in [0.25, 0.3) is 10.9 Å². The van der Waals surface area contributed by atoms with Crippen LogP contribution in [0.5, 0.6) is 0 Å². The molecule has 116 valence electrons. The number of nitrogens with one attached hydrogen (secondary N) is 2. The molecule has 23 heavy (non-hydrogen) atoms. The maximum absolute atomic E-state index is 12.8. The van der Waals surface area contributed by atoms with E-state index in [1.807, 2.05) is 42.5 Å². The van der Waals surface area contributed by atoms with Crippen molar-refractivity contribution in [1.82, 2.24) is 10.2 Å². The summed E-state index contributed by atoms with van der Waals surface area (Å²) in [6.07, 6.45) is 3.53. The Kier molecular flexibility index (Phi) is 3.16. The van der Waals surface area contributed by atoms with Gasteiger partial charge in [-0.2, -0.15) is 5.10 Å². The summed E-state index contributed by atoms with van der Waals surface area (Å²) in [5, 5.41) is 11.0. The summed E-state index contributed by atoms with van der Waals surface area (Å²) in [5.41, 5.74) is 9.09. The van der Waals surface area contributed by atoms with Crippen LogP contribution >= 0.6 is 0 Å². The SMILES string of the molecule is NCc1ccc(C2(C(=O)Nc3ccc4cn[nH]c4c3)CC2)cc1. The molecule has 5 nitrogen and oxygen atoms in total. The summed E-state index contributed by atoms with van der Waals surface area (Å²) in [5.74, 6) is 0.0527. The molecule has 1 aliphatic carbocycles. The van der Waals surface area contributed by atoms with Crippen molar-refractivity contribution in [2.75, 3.05) is 5.32 Å². The quantitative estimate of drug-likeness (QED) is 0.693. The number of nitrogens with two attached hydrogens (primary N) is 1. The molecule has 0 radical (unpaired) electrons. The second kappa shape index (κ2) is 5.21. The van der Waals surface area contributed by atoms with Crippen molar-refractivity contribution < 1.29 is 4.79 Å². The normalized spacial score (nSPS) is 15.5. The molecule has 3 aromatic rings. The van der Waals surface area contributed by atoms with Crippen LogP contribution in [-0.4, -0.2) is 16.1 Å². The van der Waals surface area contributed by atoms with E-state index in [0.29, 0.717) is 6.54 Å². The van der Waals surface area contributed by atoms with Crippen molar-refractivity contribution in [3.63, 3.8) is 0 Å². The first kappa shape index (κ1) is 14.0. The molecule has 1 saturated carbocycles. The standard InChI is InChI=1S/C18H18N4O/c19-10-12-1-4-14(5-2-12)18(7-8-18)17(23)21-15-6-3-13-11-20-22-16(13)9-15/h1-6,9,11H,7-8,10,19H2,(H,20,22)(H,21,23). The van der Waals surface area contributed by atoms with Crippen molar-refractivity contribution in [2.24, 2.45) is 5.73 Å². The van der Waals surface area contributed by atoms with Gasteiger partial charge in [0.15, 0.2) is 0 Å². The minimum atomic E-state index is -0.393. The molecule has 0 saturated heterocycles. The number of fused-ring (bicyclic) bond motifs is 1. The van der Waals surface area contributed by atoms with E-state index < -0.39 is 5.41 Å². The molecular formula is C18H18N4O. The number of nitrogens with zero attached hydrogens (tertiary/aromatic N) is 1. The Morgan fingerprint density at radius 2 is 2.00 bits per heavy atom. The minimum absolute atomic E-state index is 0.0527. The second-order valence-electron chi connectivity index (χ2n) is 6.11. The van der Waals surface area contributed by atoms with Crippen molar-refractivity contribution >= 4 is 22.5 Å². The lowest BCUT2D eigenvalue weighted by Gasteiger charge is -2.16. The van der Waals surface area contributed by atoms with Crippen LogP contribution in [-0.2, 0) is 16.8 Å². The molecule has 4 N–H and O–H groups in total. The first-order valence-corrected chi connectivity index (χ1v) is 7.75.